The largest absolute Gasteiger partial charge is 1.00 e. The number of fused-ring (bicyclic) bond motifs is 6. The lowest BCUT2D eigenvalue weighted by Crippen LogP contribution is -3.00. The first-order valence-corrected chi connectivity index (χ1v) is 10.4. The van der Waals surface area contributed by atoms with E-state index in [-0.39, 0.29) is 34.0 Å². The molecule has 0 unspecified atom stereocenters. The SMILES string of the molecule is C(CCC[N+]12CCN(CC1)CC2)CCC[N+]12CCN(CC1)CC2.[Br-].[Br-]. The smallest absolute Gasteiger partial charge is 0.0916 e. The summed E-state index contributed by atoms with van der Waals surface area (Å²) in [5.74, 6) is 0. The monoisotopic (exact) mass is 480 g/mol. The van der Waals surface area contributed by atoms with Gasteiger partial charge in [0.25, 0.3) is 0 Å². The second kappa shape index (κ2) is 9.83. The number of unbranched alkanes of at least 4 members (excludes halogenated alkanes) is 4. The van der Waals surface area contributed by atoms with Gasteiger partial charge < -0.3 is 42.9 Å². The highest BCUT2D eigenvalue weighted by atomic mass is 79.9. The molecule has 6 fully saturated rings. The Bertz CT molecular complexity index is 327. The van der Waals surface area contributed by atoms with E-state index in [0.717, 1.165) is 0 Å². The zero-order valence-electron chi connectivity index (χ0n) is 16.0. The van der Waals surface area contributed by atoms with Crippen LogP contribution in [0.25, 0.3) is 0 Å². The van der Waals surface area contributed by atoms with Crippen LogP contribution < -0.4 is 34.0 Å². The lowest BCUT2D eigenvalue weighted by Gasteiger charge is -2.50. The molecule has 148 valence electrons. The molecule has 0 aromatic carbocycles. The van der Waals surface area contributed by atoms with Crippen LogP contribution in [-0.4, -0.2) is 110 Å². The molecule has 4 nitrogen and oxygen atoms in total. The van der Waals surface area contributed by atoms with E-state index in [1.54, 1.807) is 0 Å². The van der Waals surface area contributed by atoms with Crippen molar-refractivity contribution in [2.45, 2.75) is 32.1 Å². The Morgan fingerprint density at radius 1 is 0.440 bits per heavy atom. The highest BCUT2D eigenvalue weighted by molar-refractivity contribution is 4.72. The first kappa shape index (κ1) is 22.1. The summed E-state index contributed by atoms with van der Waals surface area (Å²) in [4.78, 5) is 5.32. The molecule has 0 aromatic rings. The molecule has 6 aliphatic rings. The van der Waals surface area contributed by atoms with E-state index in [1.807, 2.05) is 0 Å². The minimum Gasteiger partial charge on any atom is -1.00 e. The van der Waals surface area contributed by atoms with E-state index in [1.165, 1.54) is 133 Å². The van der Waals surface area contributed by atoms with Gasteiger partial charge in [-0.2, -0.15) is 0 Å². The van der Waals surface area contributed by atoms with Crippen molar-refractivity contribution in [3.8, 4) is 0 Å². The number of hydrogen-bond acceptors (Lipinski definition) is 2. The van der Waals surface area contributed by atoms with Crippen LogP contribution in [0.5, 0.6) is 0 Å². The molecule has 6 aliphatic heterocycles. The molecular weight excluding hydrogens is 444 g/mol. The van der Waals surface area contributed by atoms with Crippen LogP contribution in [0.1, 0.15) is 32.1 Å². The van der Waals surface area contributed by atoms with Gasteiger partial charge in [0.05, 0.1) is 52.4 Å². The summed E-state index contributed by atoms with van der Waals surface area (Å²) >= 11 is 0. The van der Waals surface area contributed by atoms with Crippen LogP contribution in [0.2, 0.25) is 0 Å². The molecule has 25 heavy (non-hydrogen) atoms. The van der Waals surface area contributed by atoms with Gasteiger partial charge in [-0.15, -0.1) is 0 Å². The maximum atomic E-state index is 2.66. The van der Waals surface area contributed by atoms with Crippen molar-refractivity contribution in [3.05, 3.63) is 0 Å². The summed E-state index contributed by atoms with van der Waals surface area (Å²) in [6.07, 6.45) is 7.41. The molecule has 0 amide bonds. The van der Waals surface area contributed by atoms with Crippen LogP contribution >= 0.6 is 0 Å². The molecule has 6 heterocycles. The maximum absolute atomic E-state index is 2.66. The molecule has 0 saturated carbocycles. The van der Waals surface area contributed by atoms with Gasteiger partial charge >= 0.3 is 0 Å². The second-order valence-corrected chi connectivity index (χ2v) is 8.92. The molecule has 0 atom stereocenters. The molecule has 4 bridgehead atoms. The fraction of sp³-hybridized carbons (Fsp3) is 1.00. The van der Waals surface area contributed by atoms with Crippen molar-refractivity contribution < 1.29 is 42.9 Å². The van der Waals surface area contributed by atoms with Gasteiger partial charge in [0.15, 0.2) is 0 Å². The zero-order valence-corrected chi connectivity index (χ0v) is 19.2. The van der Waals surface area contributed by atoms with Crippen LogP contribution in [0.3, 0.4) is 0 Å². The lowest BCUT2D eigenvalue weighted by molar-refractivity contribution is -0.941. The van der Waals surface area contributed by atoms with Gasteiger partial charge in [-0.1, -0.05) is 6.42 Å². The molecule has 0 radical (unpaired) electrons. The zero-order chi connectivity index (χ0) is 15.6. The average molecular weight is 482 g/mol. The number of quaternary nitrogens is 2. The minimum absolute atomic E-state index is 0. The van der Waals surface area contributed by atoms with E-state index in [4.69, 9.17) is 0 Å². The summed E-state index contributed by atoms with van der Waals surface area (Å²) < 4.78 is 2.93. The van der Waals surface area contributed by atoms with Crippen molar-refractivity contribution in [1.82, 2.24) is 9.80 Å². The first-order chi connectivity index (χ1) is 11.3. The standard InChI is InChI=1S/C19H38N4.2BrH/c1(2-4-12-22-14-6-20(7-15-22)8-16-22)3-5-13-23-17-9-21(10-18-23)11-19-23;;/h1-19H2;2*1H/q+2;;/p-2. The summed E-state index contributed by atoms with van der Waals surface area (Å²) in [5, 5.41) is 0. The van der Waals surface area contributed by atoms with Crippen LogP contribution in [-0.2, 0) is 0 Å². The van der Waals surface area contributed by atoms with Crippen molar-refractivity contribution in [1.29, 1.82) is 0 Å². The topological polar surface area (TPSA) is 6.48 Å². The highest BCUT2D eigenvalue weighted by Gasteiger charge is 2.38. The Labute approximate surface area is 176 Å². The van der Waals surface area contributed by atoms with Crippen molar-refractivity contribution in [2.24, 2.45) is 0 Å². The third-order valence-electron chi connectivity index (χ3n) is 7.61. The van der Waals surface area contributed by atoms with E-state index in [9.17, 15) is 0 Å². The minimum atomic E-state index is 0. The molecule has 6 saturated heterocycles. The first-order valence-electron chi connectivity index (χ1n) is 10.4. The van der Waals surface area contributed by atoms with E-state index >= 15 is 0 Å². The fourth-order valence-corrected chi connectivity index (χ4v) is 5.56. The second-order valence-electron chi connectivity index (χ2n) is 8.92. The van der Waals surface area contributed by atoms with Gasteiger partial charge in [-0.05, 0) is 25.7 Å². The number of halogens is 2. The Hall–Kier alpha value is 0.800. The van der Waals surface area contributed by atoms with E-state index < -0.39 is 0 Å². The molecular formula is C19H38Br2N4. The summed E-state index contributed by atoms with van der Waals surface area (Å²) in [5.41, 5.74) is 0. The summed E-state index contributed by atoms with van der Waals surface area (Å²) in [6, 6.07) is 0. The number of nitrogens with zero attached hydrogens (tertiary/aromatic N) is 4. The Kier molecular flexibility index (Phi) is 8.69. The molecule has 0 aliphatic carbocycles. The van der Waals surface area contributed by atoms with Gasteiger partial charge in [-0.25, -0.2) is 0 Å². The van der Waals surface area contributed by atoms with Crippen molar-refractivity contribution in [2.75, 3.05) is 91.6 Å². The van der Waals surface area contributed by atoms with E-state index in [2.05, 4.69) is 9.80 Å². The third kappa shape index (κ3) is 5.41. The predicted octanol–water partition coefficient (Wildman–Crippen LogP) is -4.76. The third-order valence-corrected chi connectivity index (χ3v) is 7.61. The van der Waals surface area contributed by atoms with Gasteiger partial charge in [0.1, 0.15) is 0 Å². The molecule has 0 N–H and O–H groups in total. The number of rotatable bonds is 8. The Balaban J connectivity index is 0.00000113. The molecule has 6 rings (SSSR count). The van der Waals surface area contributed by atoms with Gasteiger partial charge in [0.2, 0.25) is 0 Å². The average Bonchev–Trinajstić information content (AvgIpc) is 2.64. The van der Waals surface area contributed by atoms with Crippen molar-refractivity contribution in [3.63, 3.8) is 0 Å². The predicted molar refractivity (Wildman–Crippen MR) is 95.4 cm³/mol. The van der Waals surface area contributed by atoms with E-state index in [0.29, 0.717) is 0 Å². The van der Waals surface area contributed by atoms with Gasteiger partial charge in [-0.3, -0.25) is 9.80 Å². The fourth-order valence-electron chi connectivity index (χ4n) is 5.56. The Morgan fingerprint density at radius 3 is 1.04 bits per heavy atom. The normalized spacial score (nSPS) is 38.9. The lowest BCUT2D eigenvalue weighted by atomic mass is 10.1. The molecule has 0 aromatic heterocycles. The van der Waals surface area contributed by atoms with Crippen LogP contribution in [0.4, 0.5) is 0 Å². The van der Waals surface area contributed by atoms with Crippen LogP contribution in [0.15, 0.2) is 0 Å². The summed E-state index contributed by atoms with van der Waals surface area (Å²) in [7, 11) is 0. The quantitative estimate of drug-likeness (QED) is 0.254. The van der Waals surface area contributed by atoms with Crippen LogP contribution in [0, 0.1) is 0 Å². The summed E-state index contributed by atoms with van der Waals surface area (Å²) in [6.45, 7) is 19.8. The molecule has 6 heteroatoms. The number of piperazine rings is 6. The molecule has 0 spiro atoms. The van der Waals surface area contributed by atoms with Crippen molar-refractivity contribution >= 4 is 0 Å². The van der Waals surface area contributed by atoms with Gasteiger partial charge in [0, 0.05) is 39.3 Å². The highest BCUT2D eigenvalue weighted by Crippen LogP contribution is 2.22. The Morgan fingerprint density at radius 2 is 0.720 bits per heavy atom. The number of hydrogen-bond donors (Lipinski definition) is 0. The maximum Gasteiger partial charge on any atom is 0.0916 e.